The first-order valence-electron chi connectivity index (χ1n) is 7.67. The first-order chi connectivity index (χ1) is 10.7. The number of aromatic nitrogens is 2. The summed E-state index contributed by atoms with van der Waals surface area (Å²) in [4.78, 5) is 11.6. The second-order valence-electron chi connectivity index (χ2n) is 5.52. The standard InChI is InChI=1S/C14H24N4O2S2/c1-10-5-3-4-6-11(10)16-13-17-18-14(22-13)21-9-12(19)15-7-8-20-2/h10-11H,3-9H2,1-2H3,(H,15,19)(H,16,17). The van der Waals surface area contributed by atoms with Gasteiger partial charge in [-0.2, -0.15) is 0 Å². The molecule has 0 radical (unpaired) electrons. The molecule has 1 aliphatic rings. The number of hydrogen-bond acceptors (Lipinski definition) is 7. The number of methoxy groups -OCH3 is 1. The van der Waals surface area contributed by atoms with Gasteiger partial charge in [-0.15, -0.1) is 10.2 Å². The zero-order valence-corrected chi connectivity index (χ0v) is 14.8. The molecular formula is C14H24N4O2S2. The van der Waals surface area contributed by atoms with Crippen LogP contribution >= 0.6 is 23.1 Å². The van der Waals surface area contributed by atoms with Crippen molar-refractivity contribution in [3.8, 4) is 0 Å². The van der Waals surface area contributed by atoms with Gasteiger partial charge in [0.15, 0.2) is 4.34 Å². The Labute approximate surface area is 139 Å². The molecule has 1 amide bonds. The van der Waals surface area contributed by atoms with Gasteiger partial charge in [-0.25, -0.2) is 0 Å². The summed E-state index contributed by atoms with van der Waals surface area (Å²) in [6, 6.07) is 0.497. The van der Waals surface area contributed by atoms with E-state index >= 15 is 0 Å². The Morgan fingerprint density at radius 2 is 2.23 bits per heavy atom. The zero-order chi connectivity index (χ0) is 15.8. The molecule has 2 rings (SSSR count). The van der Waals surface area contributed by atoms with Crippen LogP contribution in [0.4, 0.5) is 5.13 Å². The van der Waals surface area contributed by atoms with Crippen molar-refractivity contribution in [3.05, 3.63) is 0 Å². The quantitative estimate of drug-likeness (QED) is 0.557. The number of hydrogen-bond donors (Lipinski definition) is 2. The van der Waals surface area contributed by atoms with Crippen molar-refractivity contribution in [2.75, 3.05) is 31.3 Å². The summed E-state index contributed by atoms with van der Waals surface area (Å²) in [5.74, 6) is 1.03. The monoisotopic (exact) mass is 344 g/mol. The number of amides is 1. The van der Waals surface area contributed by atoms with Crippen LogP contribution in [0.3, 0.4) is 0 Å². The fourth-order valence-electron chi connectivity index (χ4n) is 2.49. The van der Waals surface area contributed by atoms with E-state index in [1.54, 1.807) is 7.11 Å². The SMILES string of the molecule is COCCNC(=O)CSc1nnc(NC2CCCCC2C)s1. The van der Waals surface area contributed by atoms with E-state index in [4.69, 9.17) is 4.74 Å². The number of nitrogens with one attached hydrogen (secondary N) is 2. The maximum Gasteiger partial charge on any atom is 0.230 e. The van der Waals surface area contributed by atoms with Crippen LogP contribution in [0.1, 0.15) is 32.6 Å². The van der Waals surface area contributed by atoms with Crippen molar-refractivity contribution in [2.24, 2.45) is 5.92 Å². The molecule has 0 aromatic carbocycles. The maximum absolute atomic E-state index is 11.6. The second-order valence-corrected chi connectivity index (χ2v) is 7.72. The van der Waals surface area contributed by atoms with Crippen LogP contribution in [0.2, 0.25) is 0 Å². The van der Waals surface area contributed by atoms with Gasteiger partial charge >= 0.3 is 0 Å². The number of rotatable bonds is 8. The van der Waals surface area contributed by atoms with Gasteiger partial charge in [0, 0.05) is 19.7 Å². The zero-order valence-electron chi connectivity index (χ0n) is 13.1. The molecule has 1 saturated carbocycles. The molecule has 0 saturated heterocycles. The van der Waals surface area contributed by atoms with Crippen molar-refractivity contribution in [2.45, 2.75) is 43.0 Å². The molecule has 8 heteroatoms. The normalized spacial score (nSPS) is 21.5. The molecule has 22 heavy (non-hydrogen) atoms. The van der Waals surface area contributed by atoms with Crippen molar-refractivity contribution in [1.29, 1.82) is 0 Å². The molecule has 2 N–H and O–H groups in total. The molecule has 0 aliphatic heterocycles. The van der Waals surface area contributed by atoms with E-state index in [0.29, 0.717) is 30.9 Å². The summed E-state index contributed by atoms with van der Waals surface area (Å²) >= 11 is 2.95. The van der Waals surface area contributed by atoms with Crippen LogP contribution in [0.25, 0.3) is 0 Å². The summed E-state index contributed by atoms with van der Waals surface area (Å²) in [5, 5.41) is 15.5. The van der Waals surface area contributed by atoms with E-state index in [0.717, 1.165) is 9.47 Å². The van der Waals surface area contributed by atoms with E-state index in [-0.39, 0.29) is 5.91 Å². The Kier molecular flexibility index (Phi) is 7.41. The lowest BCUT2D eigenvalue weighted by molar-refractivity contribution is -0.118. The molecule has 1 heterocycles. The predicted molar refractivity (Wildman–Crippen MR) is 90.6 cm³/mol. The lowest BCUT2D eigenvalue weighted by atomic mass is 9.86. The van der Waals surface area contributed by atoms with Crippen LogP contribution in [0, 0.1) is 5.92 Å². The minimum absolute atomic E-state index is 0.00679. The Morgan fingerprint density at radius 3 is 3.00 bits per heavy atom. The third-order valence-corrected chi connectivity index (χ3v) is 5.77. The Bertz CT molecular complexity index is 469. The Morgan fingerprint density at radius 1 is 1.41 bits per heavy atom. The highest BCUT2D eigenvalue weighted by Crippen LogP contribution is 2.30. The largest absolute Gasteiger partial charge is 0.383 e. The smallest absolute Gasteiger partial charge is 0.230 e. The van der Waals surface area contributed by atoms with Gasteiger partial charge in [-0.05, 0) is 18.8 Å². The third kappa shape index (κ3) is 5.73. The highest BCUT2D eigenvalue weighted by Gasteiger charge is 2.22. The summed E-state index contributed by atoms with van der Waals surface area (Å²) < 4.78 is 5.72. The minimum Gasteiger partial charge on any atom is -0.383 e. The molecule has 1 aromatic heterocycles. The van der Waals surface area contributed by atoms with E-state index in [1.807, 2.05) is 0 Å². The van der Waals surface area contributed by atoms with Gasteiger partial charge in [-0.3, -0.25) is 4.79 Å². The fraction of sp³-hybridized carbons (Fsp3) is 0.786. The average molecular weight is 345 g/mol. The summed E-state index contributed by atoms with van der Waals surface area (Å²) in [6.45, 7) is 3.36. The number of nitrogens with zero attached hydrogens (tertiary/aromatic N) is 2. The number of thioether (sulfide) groups is 1. The molecule has 2 atom stereocenters. The third-order valence-electron chi connectivity index (χ3n) is 3.78. The van der Waals surface area contributed by atoms with E-state index in [2.05, 4.69) is 27.8 Å². The molecule has 0 bridgehead atoms. The number of ether oxygens (including phenoxy) is 1. The summed E-state index contributed by atoms with van der Waals surface area (Å²) in [6.07, 6.45) is 5.09. The average Bonchev–Trinajstić information content (AvgIpc) is 2.95. The number of carbonyl (C=O) groups excluding carboxylic acids is 1. The maximum atomic E-state index is 11.6. The van der Waals surface area contributed by atoms with Gasteiger partial charge in [0.1, 0.15) is 0 Å². The predicted octanol–water partition coefficient (Wildman–Crippen LogP) is 2.38. The van der Waals surface area contributed by atoms with Crippen molar-refractivity contribution < 1.29 is 9.53 Å². The van der Waals surface area contributed by atoms with E-state index < -0.39 is 0 Å². The summed E-state index contributed by atoms with van der Waals surface area (Å²) in [5.41, 5.74) is 0. The highest BCUT2D eigenvalue weighted by atomic mass is 32.2. The lowest BCUT2D eigenvalue weighted by Crippen LogP contribution is -2.30. The second kappa shape index (κ2) is 9.32. The van der Waals surface area contributed by atoms with E-state index in [9.17, 15) is 4.79 Å². The Balaban J connectivity index is 1.73. The highest BCUT2D eigenvalue weighted by molar-refractivity contribution is 8.01. The fourth-order valence-corrected chi connectivity index (χ4v) is 4.13. The number of anilines is 1. The van der Waals surface area contributed by atoms with E-state index in [1.165, 1.54) is 48.8 Å². The molecule has 6 nitrogen and oxygen atoms in total. The lowest BCUT2D eigenvalue weighted by Gasteiger charge is -2.29. The molecule has 124 valence electrons. The number of carbonyl (C=O) groups is 1. The van der Waals surface area contributed by atoms with Gasteiger partial charge in [0.25, 0.3) is 0 Å². The topological polar surface area (TPSA) is 76.1 Å². The Hall–Kier alpha value is -0.860. The molecule has 0 spiro atoms. The van der Waals surface area contributed by atoms with Gasteiger partial charge in [0.05, 0.1) is 12.4 Å². The molecule has 1 aliphatic carbocycles. The van der Waals surface area contributed by atoms with Crippen LogP contribution in [-0.4, -0.2) is 48.2 Å². The van der Waals surface area contributed by atoms with Crippen molar-refractivity contribution >= 4 is 34.1 Å². The van der Waals surface area contributed by atoms with Crippen molar-refractivity contribution in [1.82, 2.24) is 15.5 Å². The first kappa shape index (κ1) is 17.5. The van der Waals surface area contributed by atoms with Crippen LogP contribution < -0.4 is 10.6 Å². The van der Waals surface area contributed by atoms with Gasteiger partial charge < -0.3 is 15.4 Å². The van der Waals surface area contributed by atoms with Crippen LogP contribution in [-0.2, 0) is 9.53 Å². The van der Waals surface area contributed by atoms with Crippen LogP contribution in [0.5, 0.6) is 0 Å². The minimum atomic E-state index is -0.00679. The molecule has 2 unspecified atom stereocenters. The first-order valence-corrected chi connectivity index (χ1v) is 9.47. The molecule has 1 fully saturated rings. The van der Waals surface area contributed by atoms with Crippen LogP contribution in [0.15, 0.2) is 4.34 Å². The van der Waals surface area contributed by atoms with Gasteiger partial charge in [-0.1, -0.05) is 42.9 Å². The molecule has 1 aromatic rings. The van der Waals surface area contributed by atoms with Crippen molar-refractivity contribution in [3.63, 3.8) is 0 Å². The molecular weight excluding hydrogens is 320 g/mol. The summed E-state index contributed by atoms with van der Waals surface area (Å²) in [7, 11) is 1.61. The van der Waals surface area contributed by atoms with Gasteiger partial charge in [0.2, 0.25) is 11.0 Å².